The molecule has 5 nitrogen and oxygen atoms in total. The molecule has 124 valence electrons. The van der Waals surface area contributed by atoms with Crippen LogP contribution in [0, 0.1) is 0 Å². The van der Waals surface area contributed by atoms with Crippen LogP contribution in [0.4, 0.5) is 0 Å². The highest BCUT2D eigenvalue weighted by Gasteiger charge is 2.40. The summed E-state index contributed by atoms with van der Waals surface area (Å²) in [5.41, 5.74) is 0.986. The van der Waals surface area contributed by atoms with Crippen LogP contribution in [0.15, 0.2) is 29.8 Å². The van der Waals surface area contributed by atoms with Gasteiger partial charge < -0.3 is 19.5 Å². The molecule has 0 amide bonds. The number of aliphatic hydroxyl groups is 1. The van der Waals surface area contributed by atoms with Crippen molar-refractivity contribution in [3.8, 4) is 16.2 Å². The minimum Gasteiger partial charge on any atom is -0.497 e. The van der Waals surface area contributed by atoms with Gasteiger partial charge in [-0.15, -0.1) is 11.3 Å². The van der Waals surface area contributed by atoms with Crippen LogP contribution in [0.2, 0.25) is 0 Å². The maximum absolute atomic E-state index is 10.4. The van der Waals surface area contributed by atoms with E-state index in [9.17, 15) is 10.1 Å². The fraction of sp³-hybridized carbons (Fsp3) is 0.438. The Labute approximate surface area is 141 Å². The normalized spacial score (nSPS) is 12.3. The lowest BCUT2D eigenvalue weighted by Crippen LogP contribution is -2.53. The summed E-state index contributed by atoms with van der Waals surface area (Å²) in [5.74, 6) is 0.764. The lowest BCUT2D eigenvalue weighted by Gasteiger charge is -2.38. The standard InChI is InChI=1S/C16H22BNO4S/c1-15(2,19)16(3,4)22-17(20)14-13(23-10-18-14)11-6-8-12(21-5)9-7-11/h6-10,19-20H,1-5H3. The summed E-state index contributed by atoms with van der Waals surface area (Å²) in [4.78, 5) is 5.06. The molecular formula is C16H22BNO4S. The summed E-state index contributed by atoms with van der Waals surface area (Å²) in [7, 11) is 0.392. The molecule has 0 radical (unpaired) electrons. The first-order valence-electron chi connectivity index (χ1n) is 7.32. The second-order valence-corrected chi connectivity index (χ2v) is 7.19. The Morgan fingerprint density at radius 1 is 1.13 bits per heavy atom. The van der Waals surface area contributed by atoms with E-state index in [0.717, 1.165) is 16.2 Å². The lowest BCUT2D eigenvalue weighted by atomic mass is 9.79. The van der Waals surface area contributed by atoms with Gasteiger partial charge in [-0.25, -0.2) is 0 Å². The topological polar surface area (TPSA) is 71.8 Å². The molecule has 1 aromatic carbocycles. The average molecular weight is 335 g/mol. The lowest BCUT2D eigenvalue weighted by molar-refractivity contribution is -0.0983. The predicted molar refractivity (Wildman–Crippen MR) is 93.2 cm³/mol. The van der Waals surface area contributed by atoms with Crippen molar-refractivity contribution in [1.29, 1.82) is 0 Å². The number of benzene rings is 1. The van der Waals surface area contributed by atoms with Crippen LogP contribution in [0.1, 0.15) is 27.7 Å². The second kappa shape index (κ2) is 6.61. The van der Waals surface area contributed by atoms with Crippen LogP contribution in [-0.2, 0) is 4.65 Å². The minimum atomic E-state index is -1.22. The van der Waals surface area contributed by atoms with Gasteiger partial charge in [-0.3, -0.25) is 4.98 Å². The van der Waals surface area contributed by atoms with Crippen molar-refractivity contribution < 1.29 is 19.5 Å². The van der Waals surface area contributed by atoms with Gasteiger partial charge in [-0.2, -0.15) is 0 Å². The van der Waals surface area contributed by atoms with Gasteiger partial charge in [-0.05, 0) is 57.5 Å². The summed E-state index contributed by atoms with van der Waals surface area (Å²) >= 11 is 1.42. The Morgan fingerprint density at radius 3 is 2.26 bits per heavy atom. The van der Waals surface area contributed by atoms with Gasteiger partial charge in [0.15, 0.2) is 0 Å². The van der Waals surface area contributed by atoms with E-state index in [0.29, 0.717) is 5.59 Å². The summed E-state index contributed by atoms with van der Waals surface area (Å²) in [6, 6.07) is 7.52. The third-order valence-electron chi connectivity index (χ3n) is 4.06. The number of ether oxygens (including phenoxy) is 1. The van der Waals surface area contributed by atoms with Gasteiger partial charge in [0.05, 0.1) is 34.3 Å². The van der Waals surface area contributed by atoms with Crippen molar-refractivity contribution in [2.75, 3.05) is 7.11 Å². The quantitative estimate of drug-likeness (QED) is 0.791. The molecule has 1 heterocycles. The monoisotopic (exact) mass is 335 g/mol. The van der Waals surface area contributed by atoms with Crippen LogP contribution in [0.25, 0.3) is 10.4 Å². The molecule has 23 heavy (non-hydrogen) atoms. The van der Waals surface area contributed by atoms with Crippen LogP contribution >= 0.6 is 11.3 Å². The summed E-state index contributed by atoms with van der Waals surface area (Å²) in [5, 5.41) is 20.6. The molecule has 0 aliphatic carbocycles. The van der Waals surface area contributed by atoms with Crippen LogP contribution in [0.5, 0.6) is 5.75 Å². The summed E-state index contributed by atoms with van der Waals surface area (Å²) in [6.45, 7) is 6.75. The first kappa shape index (κ1) is 17.9. The first-order chi connectivity index (χ1) is 10.7. The van der Waals surface area contributed by atoms with Gasteiger partial charge >= 0.3 is 7.12 Å². The minimum absolute atomic E-state index is 0.442. The average Bonchev–Trinajstić information content (AvgIpc) is 2.95. The molecule has 0 spiro atoms. The second-order valence-electron chi connectivity index (χ2n) is 6.33. The van der Waals surface area contributed by atoms with Gasteiger partial charge in [-0.1, -0.05) is 0 Å². The number of hydrogen-bond acceptors (Lipinski definition) is 6. The van der Waals surface area contributed by atoms with E-state index >= 15 is 0 Å². The zero-order chi connectivity index (χ0) is 17.3. The van der Waals surface area contributed by atoms with E-state index in [-0.39, 0.29) is 0 Å². The zero-order valence-corrected chi connectivity index (χ0v) is 14.8. The number of methoxy groups -OCH3 is 1. The number of hydrogen-bond donors (Lipinski definition) is 2. The molecule has 1 aromatic heterocycles. The van der Waals surface area contributed by atoms with Crippen molar-refractivity contribution in [2.45, 2.75) is 38.9 Å². The van der Waals surface area contributed by atoms with E-state index in [4.69, 9.17) is 9.39 Å². The van der Waals surface area contributed by atoms with Gasteiger partial charge in [0.25, 0.3) is 0 Å². The van der Waals surface area contributed by atoms with Crippen LogP contribution in [-0.4, -0.2) is 40.5 Å². The molecule has 0 bridgehead atoms. The Hall–Kier alpha value is -1.41. The highest BCUT2D eigenvalue weighted by molar-refractivity contribution is 7.14. The summed E-state index contributed by atoms with van der Waals surface area (Å²) in [6.07, 6.45) is 0. The Morgan fingerprint density at radius 2 is 1.74 bits per heavy atom. The van der Waals surface area contributed by atoms with Crippen molar-refractivity contribution in [3.05, 3.63) is 29.8 Å². The molecule has 2 N–H and O–H groups in total. The summed E-state index contributed by atoms with van der Waals surface area (Å²) < 4.78 is 10.8. The van der Waals surface area contributed by atoms with Crippen molar-refractivity contribution >= 4 is 24.0 Å². The van der Waals surface area contributed by atoms with Gasteiger partial charge in [0.1, 0.15) is 5.75 Å². The number of nitrogens with zero attached hydrogens (tertiary/aromatic N) is 1. The Balaban J connectivity index is 2.26. The molecule has 0 fully saturated rings. The largest absolute Gasteiger partial charge is 0.512 e. The molecule has 0 atom stereocenters. The van der Waals surface area contributed by atoms with E-state index < -0.39 is 18.3 Å². The molecule has 7 heteroatoms. The fourth-order valence-corrected chi connectivity index (χ4v) is 2.69. The molecular weight excluding hydrogens is 313 g/mol. The van der Waals surface area contributed by atoms with E-state index in [1.807, 2.05) is 24.3 Å². The Kier molecular flexibility index (Phi) is 5.15. The van der Waals surface area contributed by atoms with Gasteiger partial charge in [0, 0.05) is 0 Å². The fourth-order valence-electron chi connectivity index (χ4n) is 1.87. The molecule has 2 rings (SSSR count). The maximum atomic E-state index is 10.4. The molecule has 0 aliphatic rings. The SMILES string of the molecule is COc1ccc(-c2scnc2B(O)OC(C)(C)C(C)(C)O)cc1. The number of thiazole rings is 1. The third kappa shape index (κ3) is 3.92. The zero-order valence-electron chi connectivity index (χ0n) is 14.0. The third-order valence-corrected chi connectivity index (χ3v) is 4.95. The first-order valence-corrected chi connectivity index (χ1v) is 8.20. The molecule has 0 saturated carbocycles. The molecule has 2 aromatic rings. The highest BCUT2D eigenvalue weighted by Crippen LogP contribution is 2.28. The van der Waals surface area contributed by atoms with Crippen LogP contribution in [0.3, 0.4) is 0 Å². The van der Waals surface area contributed by atoms with E-state index in [2.05, 4.69) is 4.98 Å². The number of aromatic nitrogens is 1. The molecule has 0 saturated heterocycles. The molecule has 0 unspecified atom stereocenters. The van der Waals surface area contributed by atoms with Crippen LogP contribution < -0.4 is 10.3 Å². The van der Waals surface area contributed by atoms with Gasteiger partial charge in [0.2, 0.25) is 0 Å². The number of rotatable bonds is 6. The van der Waals surface area contributed by atoms with E-state index in [1.165, 1.54) is 11.3 Å². The van der Waals surface area contributed by atoms with Crippen molar-refractivity contribution in [3.63, 3.8) is 0 Å². The maximum Gasteiger partial charge on any atom is 0.512 e. The highest BCUT2D eigenvalue weighted by atomic mass is 32.1. The predicted octanol–water partition coefficient (Wildman–Crippen LogP) is 2.07. The van der Waals surface area contributed by atoms with E-state index in [1.54, 1.807) is 40.3 Å². The Bertz CT molecular complexity index is 649. The molecule has 0 aliphatic heterocycles. The van der Waals surface area contributed by atoms with Crippen molar-refractivity contribution in [1.82, 2.24) is 4.98 Å². The van der Waals surface area contributed by atoms with Crippen molar-refractivity contribution in [2.24, 2.45) is 0 Å². The smallest absolute Gasteiger partial charge is 0.497 e.